The zero-order valence-corrected chi connectivity index (χ0v) is 10.8. The Kier molecular flexibility index (Phi) is 3.44. The number of pyridine rings is 2. The Hall–Kier alpha value is -2.46. The number of hydrogen-bond donors (Lipinski definition) is 1. The lowest BCUT2D eigenvalue weighted by Crippen LogP contribution is -2.14. The predicted molar refractivity (Wildman–Crippen MR) is 68.7 cm³/mol. The highest BCUT2D eigenvalue weighted by atomic mass is 32.2. The lowest BCUT2D eigenvalue weighted by atomic mass is 10.4. The minimum Gasteiger partial charge on any atom is -0.263 e. The second kappa shape index (κ2) is 5.04. The molecule has 0 spiro atoms. The van der Waals surface area contributed by atoms with E-state index in [9.17, 15) is 8.42 Å². The van der Waals surface area contributed by atoms with E-state index >= 15 is 0 Å². The zero-order chi connectivity index (χ0) is 13.9. The Morgan fingerprint density at radius 2 is 2.05 bits per heavy atom. The van der Waals surface area contributed by atoms with Crippen molar-refractivity contribution < 1.29 is 8.42 Å². The fourth-order valence-electron chi connectivity index (χ4n) is 1.40. The maximum Gasteiger partial charge on any atom is 0.264 e. The molecule has 2 heterocycles. The van der Waals surface area contributed by atoms with Crippen LogP contribution in [-0.2, 0) is 10.0 Å². The second-order valence-electron chi connectivity index (χ2n) is 3.76. The molecule has 0 atom stereocenters. The molecule has 0 unspecified atom stereocenters. The van der Waals surface area contributed by atoms with Gasteiger partial charge in [0.15, 0.2) is 0 Å². The topological polar surface area (TPSA) is 95.7 Å². The van der Waals surface area contributed by atoms with Crippen molar-refractivity contribution in [3.8, 4) is 6.07 Å². The number of hydrogen-bond acceptors (Lipinski definition) is 5. The smallest absolute Gasteiger partial charge is 0.263 e. The van der Waals surface area contributed by atoms with Crippen molar-refractivity contribution in [2.75, 3.05) is 4.72 Å². The molecule has 0 saturated carbocycles. The number of aromatic nitrogens is 2. The van der Waals surface area contributed by atoms with Gasteiger partial charge in [0.25, 0.3) is 10.0 Å². The SMILES string of the molecule is Cc1cccc(NS(=O)(=O)c2ccc(C#N)nc2)n1. The predicted octanol–water partition coefficient (Wildman–Crippen LogP) is 1.46. The summed E-state index contributed by atoms with van der Waals surface area (Å²) < 4.78 is 26.4. The lowest BCUT2D eigenvalue weighted by Gasteiger charge is -2.07. The molecule has 0 amide bonds. The van der Waals surface area contributed by atoms with Gasteiger partial charge in [-0.2, -0.15) is 5.26 Å². The first-order valence-electron chi connectivity index (χ1n) is 5.34. The van der Waals surface area contributed by atoms with Crippen LogP contribution >= 0.6 is 0 Å². The molecule has 0 bridgehead atoms. The molecule has 2 aromatic rings. The second-order valence-corrected chi connectivity index (χ2v) is 5.44. The number of nitrogens with one attached hydrogen (secondary N) is 1. The maximum absolute atomic E-state index is 12.0. The van der Waals surface area contributed by atoms with E-state index in [1.807, 2.05) is 6.07 Å². The Balaban J connectivity index is 2.30. The number of anilines is 1. The molecular weight excluding hydrogens is 264 g/mol. The molecule has 0 fully saturated rings. The van der Waals surface area contributed by atoms with E-state index in [-0.39, 0.29) is 16.4 Å². The molecule has 0 aliphatic carbocycles. The van der Waals surface area contributed by atoms with Crippen molar-refractivity contribution in [1.29, 1.82) is 5.26 Å². The highest BCUT2D eigenvalue weighted by Crippen LogP contribution is 2.13. The van der Waals surface area contributed by atoms with Crippen molar-refractivity contribution in [2.45, 2.75) is 11.8 Å². The van der Waals surface area contributed by atoms with Gasteiger partial charge in [0.2, 0.25) is 0 Å². The van der Waals surface area contributed by atoms with Gasteiger partial charge < -0.3 is 0 Å². The summed E-state index contributed by atoms with van der Waals surface area (Å²) in [6.45, 7) is 1.76. The number of sulfonamides is 1. The van der Waals surface area contributed by atoms with Crippen molar-refractivity contribution >= 4 is 15.8 Å². The molecule has 2 rings (SSSR count). The van der Waals surface area contributed by atoms with E-state index in [2.05, 4.69) is 14.7 Å². The third-order valence-corrected chi connectivity index (χ3v) is 3.63. The molecular formula is C12H10N4O2S. The van der Waals surface area contributed by atoms with Gasteiger partial charge in [0, 0.05) is 11.9 Å². The monoisotopic (exact) mass is 274 g/mol. The standard InChI is InChI=1S/C12H10N4O2S/c1-9-3-2-4-12(15-9)16-19(17,18)11-6-5-10(7-13)14-8-11/h2-6,8H,1H3,(H,15,16). The molecule has 0 aromatic carbocycles. The number of nitrogens with zero attached hydrogens (tertiary/aromatic N) is 3. The lowest BCUT2D eigenvalue weighted by molar-refractivity contribution is 0.600. The minimum atomic E-state index is -3.74. The Bertz CT molecular complexity index is 733. The highest BCUT2D eigenvalue weighted by Gasteiger charge is 2.15. The van der Waals surface area contributed by atoms with Crippen LogP contribution in [0.4, 0.5) is 5.82 Å². The summed E-state index contributed by atoms with van der Waals surface area (Å²) in [7, 11) is -3.74. The summed E-state index contributed by atoms with van der Waals surface area (Å²) >= 11 is 0. The van der Waals surface area contributed by atoms with Crippen molar-refractivity contribution in [3.63, 3.8) is 0 Å². The van der Waals surface area contributed by atoms with E-state index < -0.39 is 10.0 Å². The molecule has 6 nitrogen and oxygen atoms in total. The summed E-state index contributed by atoms with van der Waals surface area (Å²) in [6, 6.07) is 9.52. The molecule has 0 radical (unpaired) electrons. The summed E-state index contributed by atoms with van der Waals surface area (Å²) in [4.78, 5) is 7.76. The van der Waals surface area contributed by atoms with E-state index in [1.54, 1.807) is 25.1 Å². The summed E-state index contributed by atoms with van der Waals surface area (Å²) in [5, 5.41) is 8.61. The van der Waals surface area contributed by atoms with Crippen LogP contribution in [0.1, 0.15) is 11.4 Å². The Morgan fingerprint density at radius 3 is 2.63 bits per heavy atom. The quantitative estimate of drug-likeness (QED) is 0.914. The van der Waals surface area contributed by atoms with Gasteiger partial charge >= 0.3 is 0 Å². The third kappa shape index (κ3) is 3.05. The highest BCUT2D eigenvalue weighted by molar-refractivity contribution is 7.92. The van der Waals surface area contributed by atoms with Gasteiger partial charge in [0.1, 0.15) is 22.5 Å². The van der Waals surface area contributed by atoms with Gasteiger partial charge in [-0.3, -0.25) is 4.72 Å². The zero-order valence-electron chi connectivity index (χ0n) is 10.0. The van der Waals surface area contributed by atoms with Crippen molar-refractivity contribution in [1.82, 2.24) is 9.97 Å². The first kappa shape index (κ1) is 13.0. The summed E-state index contributed by atoms with van der Waals surface area (Å²) in [6.07, 6.45) is 1.14. The number of nitriles is 1. The van der Waals surface area contributed by atoms with E-state index in [1.165, 1.54) is 12.1 Å². The fraction of sp³-hybridized carbons (Fsp3) is 0.0833. The number of aryl methyl sites for hydroxylation is 1. The maximum atomic E-state index is 12.0. The fourth-order valence-corrected chi connectivity index (χ4v) is 2.35. The van der Waals surface area contributed by atoms with Crippen LogP contribution in [0.3, 0.4) is 0 Å². The van der Waals surface area contributed by atoms with Crippen LogP contribution in [0.2, 0.25) is 0 Å². The molecule has 2 aromatic heterocycles. The first-order chi connectivity index (χ1) is 9.01. The Morgan fingerprint density at radius 1 is 1.26 bits per heavy atom. The van der Waals surface area contributed by atoms with E-state index in [4.69, 9.17) is 5.26 Å². The van der Waals surface area contributed by atoms with Crippen LogP contribution in [0.25, 0.3) is 0 Å². The molecule has 19 heavy (non-hydrogen) atoms. The Labute approximate surface area is 110 Å². The van der Waals surface area contributed by atoms with Gasteiger partial charge in [0.05, 0.1) is 0 Å². The van der Waals surface area contributed by atoms with Gasteiger partial charge in [-0.1, -0.05) is 6.07 Å². The average Bonchev–Trinajstić information content (AvgIpc) is 2.38. The van der Waals surface area contributed by atoms with Gasteiger partial charge in [-0.25, -0.2) is 18.4 Å². The van der Waals surface area contributed by atoms with Crippen LogP contribution in [0.5, 0.6) is 0 Å². The van der Waals surface area contributed by atoms with Crippen molar-refractivity contribution in [3.05, 3.63) is 47.9 Å². The van der Waals surface area contributed by atoms with Crippen LogP contribution in [-0.4, -0.2) is 18.4 Å². The normalized spacial score (nSPS) is 10.7. The molecule has 7 heteroatoms. The first-order valence-corrected chi connectivity index (χ1v) is 6.82. The molecule has 96 valence electrons. The van der Waals surface area contributed by atoms with Crippen LogP contribution in [0.15, 0.2) is 41.4 Å². The third-order valence-electron chi connectivity index (χ3n) is 2.29. The van der Waals surface area contributed by atoms with E-state index in [0.29, 0.717) is 5.69 Å². The van der Waals surface area contributed by atoms with Gasteiger partial charge in [-0.05, 0) is 31.2 Å². The largest absolute Gasteiger partial charge is 0.264 e. The van der Waals surface area contributed by atoms with Crippen LogP contribution in [0, 0.1) is 18.3 Å². The average molecular weight is 274 g/mol. The molecule has 1 N–H and O–H groups in total. The molecule has 0 aliphatic rings. The molecule has 0 aliphatic heterocycles. The number of rotatable bonds is 3. The molecule has 0 saturated heterocycles. The van der Waals surface area contributed by atoms with E-state index in [0.717, 1.165) is 6.20 Å². The minimum absolute atomic E-state index is 0.0187. The summed E-state index contributed by atoms with van der Waals surface area (Å²) in [5.41, 5.74) is 0.866. The van der Waals surface area contributed by atoms with Crippen molar-refractivity contribution in [2.24, 2.45) is 0 Å². The van der Waals surface area contributed by atoms with Gasteiger partial charge in [-0.15, -0.1) is 0 Å². The summed E-state index contributed by atoms with van der Waals surface area (Å²) in [5.74, 6) is 0.240. The van der Waals surface area contributed by atoms with Crippen LogP contribution < -0.4 is 4.72 Å².